The molecule has 0 atom stereocenters. The molecule has 0 fully saturated rings. The quantitative estimate of drug-likeness (QED) is 0.347. The summed E-state index contributed by atoms with van der Waals surface area (Å²) < 4.78 is 41.2. The molecule has 1 N–H and O–H groups in total. The molecule has 0 aliphatic rings. The fourth-order valence-electron chi connectivity index (χ4n) is 3.47. The third-order valence-electron chi connectivity index (χ3n) is 5.03. The minimum Gasteiger partial charge on any atom is -0.337 e. The van der Waals surface area contributed by atoms with Gasteiger partial charge in [0.25, 0.3) is 0 Å². The minimum absolute atomic E-state index is 0.0334. The molecular formula is C24H19FN2O4S. The summed E-state index contributed by atoms with van der Waals surface area (Å²) in [5, 5.41) is 3.19. The lowest BCUT2D eigenvalue weighted by Crippen LogP contribution is -2.18. The molecule has 0 bridgehead atoms. The Hall–Kier alpha value is -3.78. The van der Waals surface area contributed by atoms with Gasteiger partial charge in [0.05, 0.1) is 9.79 Å². The van der Waals surface area contributed by atoms with E-state index < -0.39 is 15.7 Å². The molecule has 4 aromatic rings. The van der Waals surface area contributed by atoms with Crippen molar-refractivity contribution in [3.63, 3.8) is 0 Å². The highest BCUT2D eigenvalue weighted by molar-refractivity contribution is 7.91. The normalized spacial score (nSPS) is 11.4. The third-order valence-corrected chi connectivity index (χ3v) is 6.83. The number of rotatable bonds is 6. The summed E-state index contributed by atoms with van der Waals surface area (Å²) in [6.07, 6.45) is 1.41. The van der Waals surface area contributed by atoms with Gasteiger partial charge in [-0.2, -0.15) is 0 Å². The molecular weight excluding hydrogens is 431 g/mol. The van der Waals surface area contributed by atoms with Gasteiger partial charge in [0.2, 0.25) is 15.7 Å². The van der Waals surface area contributed by atoms with Crippen molar-refractivity contribution in [3.05, 3.63) is 90.4 Å². The largest absolute Gasteiger partial charge is 0.337 e. The van der Waals surface area contributed by atoms with Gasteiger partial charge in [-0.1, -0.05) is 30.3 Å². The van der Waals surface area contributed by atoms with Crippen molar-refractivity contribution < 1.29 is 22.4 Å². The van der Waals surface area contributed by atoms with Crippen molar-refractivity contribution in [2.45, 2.75) is 23.3 Å². The van der Waals surface area contributed by atoms with Gasteiger partial charge in [-0.05, 0) is 49.4 Å². The van der Waals surface area contributed by atoms with E-state index in [0.29, 0.717) is 22.2 Å². The molecule has 6 nitrogen and oxygen atoms in total. The Morgan fingerprint density at radius 1 is 0.969 bits per heavy atom. The Labute approximate surface area is 184 Å². The van der Waals surface area contributed by atoms with Crippen LogP contribution in [-0.4, -0.2) is 24.7 Å². The average Bonchev–Trinajstić information content (AvgIpc) is 3.13. The molecule has 8 heteroatoms. The SMILES string of the molecule is CC(=O)c1cccc(NC(=O)Cn2cc(S(=O)(=O)c3ccc(F)cc3)c3ccccc32)c1. The van der Waals surface area contributed by atoms with E-state index in [9.17, 15) is 22.4 Å². The van der Waals surface area contributed by atoms with Crippen molar-refractivity contribution in [1.29, 1.82) is 0 Å². The zero-order valence-electron chi connectivity index (χ0n) is 17.1. The molecule has 1 heterocycles. The molecule has 0 aliphatic carbocycles. The zero-order chi connectivity index (χ0) is 22.9. The number of halogens is 1. The number of carbonyl (C=O) groups is 2. The van der Waals surface area contributed by atoms with Crippen LogP contribution in [0.1, 0.15) is 17.3 Å². The number of benzene rings is 3. The molecule has 1 amide bonds. The Morgan fingerprint density at radius 3 is 2.41 bits per heavy atom. The molecule has 4 rings (SSSR count). The lowest BCUT2D eigenvalue weighted by atomic mass is 10.1. The maximum Gasteiger partial charge on any atom is 0.244 e. The molecule has 3 aromatic carbocycles. The summed E-state index contributed by atoms with van der Waals surface area (Å²) in [6, 6.07) is 18.0. The highest BCUT2D eigenvalue weighted by atomic mass is 32.2. The molecule has 0 saturated carbocycles. The van der Waals surface area contributed by atoms with E-state index in [0.717, 1.165) is 12.1 Å². The van der Waals surface area contributed by atoms with Gasteiger partial charge in [-0.25, -0.2) is 12.8 Å². The molecule has 1 aromatic heterocycles. The van der Waals surface area contributed by atoms with Gasteiger partial charge in [-0.3, -0.25) is 9.59 Å². The standard InChI is InChI=1S/C24H19FN2O4S/c1-16(28)17-5-4-6-19(13-17)26-24(29)15-27-14-23(21-7-2-3-8-22(21)27)32(30,31)20-11-9-18(25)10-12-20/h2-14H,15H2,1H3,(H,26,29). The van der Waals surface area contributed by atoms with Gasteiger partial charge >= 0.3 is 0 Å². The predicted octanol–water partition coefficient (Wildman–Crippen LogP) is 4.45. The number of ketones is 1. The molecule has 0 radical (unpaired) electrons. The van der Waals surface area contributed by atoms with Crippen LogP contribution >= 0.6 is 0 Å². The fourth-order valence-corrected chi connectivity index (χ4v) is 4.95. The molecule has 32 heavy (non-hydrogen) atoms. The number of hydrogen-bond acceptors (Lipinski definition) is 4. The van der Waals surface area contributed by atoms with Gasteiger partial charge < -0.3 is 9.88 Å². The summed E-state index contributed by atoms with van der Waals surface area (Å²) >= 11 is 0. The lowest BCUT2D eigenvalue weighted by Gasteiger charge is -2.08. The summed E-state index contributed by atoms with van der Waals surface area (Å²) in [6.45, 7) is 1.31. The van der Waals surface area contributed by atoms with Crippen LogP contribution in [0.3, 0.4) is 0 Å². The highest BCUT2D eigenvalue weighted by Crippen LogP contribution is 2.30. The molecule has 0 aliphatic heterocycles. The molecule has 0 unspecified atom stereocenters. The number of sulfone groups is 1. The first-order valence-corrected chi connectivity index (χ1v) is 11.2. The van der Waals surface area contributed by atoms with Crippen LogP contribution in [0.4, 0.5) is 10.1 Å². The smallest absolute Gasteiger partial charge is 0.244 e. The summed E-state index contributed by atoms with van der Waals surface area (Å²) in [4.78, 5) is 24.2. The van der Waals surface area contributed by atoms with E-state index in [4.69, 9.17) is 0 Å². The number of nitrogens with zero attached hydrogens (tertiary/aromatic N) is 1. The van der Waals surface area contributed by atoms with Crippen LogP contribution in [-0.2, 0) is 21.2 Å². The summed E-state index contributed by atoms with van der Waals surface area (Å²) in [5.74, 6) is -1.03. The Kier molecular flexibility index (Phi) is 5.63. The number of hydrogen-bond donors (Lipinski definition) is 1. The number of amides is 1. The number of fused-ring (bicyclic) bond motifs is 1. The molecule has 162 valence electrons. The third kappa shape index (κ3) is 4.17. The van der Waals surface area contributed by atoms with Crippen molar-refractivity contribution in [2.75, 3.05) is 5.32 Å². The maximum absolute atomic E-state index is 13.3. The molecule has 0 saturated heterocycles. The van der Waals surface area contributed by atoms with Crippen LogP contribution in [0.5, 0.6) is 0 Å². The van der Waals surface area contributed by atoms with Crippen molar-refractivity contribution >= 4 is 38.1 Å². The Morgan fingerprint density at radius 2 is 1.69 bits per heavy atom. The first kappa shape index (κ1) is 21.5. The Balaban J connectivity index is 1.67. The second kappa shape index (κ2) is 8.39. The number of anilines is 1. The highest BCUT2D eigenvalue weighted by Gasteiger charge is 2.24. The second-order valence-corrected chi connectivity index (χ2v) is 9.20. The van der Waals surface area contributed by atoms with Crippen LogP contribution in [0.25, 0.3) is 10.9 Å². The van der Waals surface area contributed by atoms with E-state index in [1.54, 1.807) is 53.1 Å². The predicted molar refractivity (Wildman–Crippen MR) is 119 cm³/mol. The van der Waals surface area contributed by atoms with Crippen molar-refractivity contribution in [3.8, 4) is 0 Å². The number of nitrogens with one attached hydrogen (secondary N) is 1. The minimum atomic E-state index is -3.93. The average molecular weight is 450 g/mol. The molecule has 0 spiro atoms. The lowest BCUT2D eigenvalue weighted by molar-refractivity contribution is -0.116. The number of aromatic nitrogens is 1. The van der Waals surface area contributed by atoms with E-state index >= 15 is 0 Å². The maximum atomic E-state index is 13.3. The van der Waals surface area contributed by atoms with Crippen LogP contribution in [0.15, 0.2) is 88.8 Å². The number of carbonyl (C=O) groups excluding carboxylic acids is 2. The van der Waals surface area contributed by atoms with Gasteiger partial charge in [0.15, 0.2) is 5.78 Å². The van der Waals surface area contributed by atoms with Gasteiger partial charge in [0.1, 0.15) is 12.4 Å². The van der Waals surface area contributed by atoms with Crippen LogP contribution in [0, 0.1) is 5.82 Å². The first-order valence-electron chi connectivity index (χ1n) is 9.75. The van der Waals surface area contributed by atoms with E-state index in [1.165, 1.54) is 25.3 Å². The van der Waals surface area contributed by atoms with Gasteiger partial charge in [0, 0.05) is 28.4 Å². The Bertz CT molecular complexity index is 1440. The fraction of sp³-hybridized carbons (Fsp3) is 0.0833. The van der Waals surface area contributed by atoms with E-state index in [1.807, 2.05) is 0 Å². The van der Waals surface area contributed by atoms with Crippen molar-refractivity contribution in [2.24, 2.45) is 0 Å². The monoisotopic (exact) mass is 450 g/mol. The topological polar surface area (TPSA) is 85.2 Å². The summed E-state index contributed by atoms with van der Waals surface area (Å²) in [7, 11) is -3.93. The summed E-state index contributed by atoms with van der Waals surface area (Å²) in [5.41, 5.74) is 1.51. The van der Waals surface area contributed by atoms with Crippen LogP contribution < -0.4 is 5.32 Å². The number of Topliss-reactive ketones (excluding diaryl/α,β-unsaturated/α-hetero) is 1. The van der Waals surface area contributed by atoms with Crippen LogP contribution in [0.2, 0.25) is 0 Å². The van der Waals surface area contributed by atoms with Crippen molar-refractivity contribution in [1.82, 2.24) is 4.57 Å². The zero-order valence-corrected chi connectivity index (χ0v) is 17.9. The number of para-hydroxylation sites is 1. The van der Waals surface area contributed by atoms with Gasteiger partial charge in [-0.15, -0.1) is 0 Å². The van der Waals surface area contributed by atoms with E-state index in [2.05, 4.69) is 5.32 Å². The first-order chi connectivity index (χ1) is 15.3. The second-order valence-electron chi connectivity index (χ2n) is 7.28. The van der Waals surface area contributed by atoms with E-state index in [-0.39, 0.29) is 28.0 Å².